The smallest absolute Gasteiger partial charge is 0.252 e. The molecule has 1 aliphatic heterocycles. The van der Waals surface area contributed by atoms with Gasteiger partial charge in [-0.1, -0.05) is 6.42 Å². The molecule has 2 N–H and O–H groups in total. The summed E-state index contributed by atoms with van der Waals surface area (Å²) < 4.78 is 0. The van der Waals surface area contributed by atoms with Crippen LogP contribution in [0, 0.1) is 0 Å². The van der Waals surface area contributed by atoms with Crippen LogP contribution in [0.25, 0.3) is 0 Å². The third kappa shape index (κ3) is 3.93. The Morgan fingerprint density at radius 2 is 2.30 bits per heavy atom. The van der Waals surface area contributed by atoms with Crippen molar-refractivity contribution in [1.29, 1.82) is 0 Å². The Hall–Kier alpha value is -1.62. The van der Waals surface area contributed by atoms with Gasteiger partial charge >= 0.3 is 0 Å². The maximum atomic E-state index is 12.1. The van der Waals surface area contributed by atoms with Crippen molar-refractivity contribution >= 4 is 11.7 Å². The molecule has 1 saturated heterocycles. The van der Waals surface area contributed by atoms with E-state index in [1.165, 1.54) is 12.8 Å². The van der Waals surface area contributed by atoms with Crippen LogP contribution in [0.5, 0.6) is 0 Å². The third-order valence-corrected chi connectivity index (χ3v) is 3.80. The Morgan fingerprint density at radius 1 is 1.45 bits per heavy atom. The molecule has 0 saturated carbocycles. The zero-order valence-electron chi connectivity index (χ0n) is 12.4. The minimum atomic E-state index is -0.0421. The first-order valence-corrected chi connectivity index (χ1v) is 7.39. The van der Waals surface area contributed by atoms with Crippen LogP contribution >= 0.6 is 0 Å². The summed E-state index contributed by atoms with van der Waals surface area (Å²) in [5.41, 5.74) is 0.616. The summed E-state index contributed by atoms with van der Waals surface area (Å²) in [6.45, 7) is 4.68. The lowest BCUT2D eigenvalue weighted by atomic mass is 10.0. The summed E-state index contributed by atoms with van der Waals surface area (Å²) in [5, 5.41) is 6.12. The van der Waals surface area contributed by atoms with Gasteiger partial charge < -0.3 is 15.5 Å². The molecule has 1 unspecified atom stereocenters. The number of rotatable bonds is 5. The molecule has 5 heteroatoms. The number of nitrogens with one attached hydrogen (secondary N) is 2. The molecule has 0 aliphatic carbocycles. The molecule has 1 aromatic heterocycles. The number of hydrogen-bond donors (Lipinski definition) is 2. The monoisotopic (exact) mass is 276 g/mol. The van der Waals surface area contributed by atoms with E-state index >= 15 is 0 Å². The van der Waals surface area contributed by atoms with Gasteiger partial charge in [0, 0.05) is 25.3 Å². The average Bonchev–Trinajstić information content (AvgIpc) is 2.47. The summed E-state index contributed by atoms with van der Waals surface area (Å²) >= 11 is 0. The number of amides is 1. The second-order valence-corrected chi connectivity index (χ2v) is 5.30. The van der Waals surface area contributed by atoms with Crippen molar-refractivity contribution < 1.29 is 4.79 Å². The molecular weight excluding hydrogens is 252 g/mol. The molecule has 1 aromatic rings. The van der Waals surface area contributed by atoms with Gasteiger partial charge in [0.05, 0.1) is 5.56 Å². The van der Waals surface area contributed by atoms with Crippen molar-refractivity contribution in [2.24, 2.45) is 0 Å². The minimum absolute atomic E-state index is 0.0421. The van der Waals surface area contributed by atoms with Gasteiger partial charge in [-0.3, -0.25) is 4.79 Å². The zero-order valence-corrected chi connectivity index (χ0v) is 12.4. The molecule has 0 radical (unpaired) electrons. The predicted octanol–water partition coefficient (Wildman–Crippen LogP) is 1.73. The molecule has 0 bridgehead atoms. The third-order valence-electron chi connectivity index (χ3n) is 3.80. The highest BCUT2D eigenvalue weighted by molar-refractivity contribution is 5.94. The summed E-state index contributed by atoms with van der Waals surface area (Å²) in [6, 6.07) is 4.11. The van der Waals surface area contributed by atoms with E-state index in [4.69, 9.17) is 0 Å². The van der Waals surface area contributed by atoms with Crippen LogP contribution in [0.1, 0.15) is 36.5 Å². The Balaban J connectivity index is 1.84. The molecule has 5 nitrogen and oxygen atoms in total. The number of nitrogens with zero attached hydrogens (tertiary/aromatic N) is 2. The van der Waals surface area contributed by atoms with E-state index in [9.17, 15) is 4.79 Å². The topological polar surface area (TPSA) is 57.3 Å². The normalized spacial score (nSPS) is 19.6. The van der Waals surface area contributed by atoms with Gasteiger partial charge in [0.25, 0.3) is 5.91 Å². The predicted molar refractivity (Wildman–Crippen MR) is 81.0 cm³/mol. The van der Waals surface area contributed by atoms with E-state index in [0.29, 0.717) is 18.2 Å². The first-order chi connectivity index (χ1) is 9.70. The van der Waals surface area contributed by atoms with Crippen LogP contribution < -0.4 is 10.6 Å². The molecule has 1 atom stereocenters. The fraction of sp³-hybridized carbons (Fsp3) is 0.600. The van der Waals surface area contributed by atoms with E-state index in [1.54, 1.807) is 6.20 Å². The number of pyridine rings is 1. The Labute approximate surface area is 120 Å². The number of anilines is 1. The van der Waals surface area contributed by atoms with Gasteiger partial charge in [0.1, 0.15) is 5.82 Å². The largest absolute Gasteiger partial charge is 0.370 e. The number of likely N-dealkylation sites (tertiary alicyclic amines) is 1. The van der Waals surface area contributed by atoms with Crippen molar-refractivity contribution in [3.8, 4) is 0 Å². The summed E-state index contributed by atoms with van der Waals surface area (Å²) in [6.07, 6.45) is 5.30. The standard InChI is InChI=1S/C15H24N4O/c1-3-16-14-8-7-12(10-17-14)15(20)18-11-13-6-4-5-9-19(13)2/h7-8,10,13H,3-6,9,11H2,1-2H3,(H,16,17)(H,18,20). The Kier molecular flexibility index (Phi) is 5.35. The fourth-order valence-corrected chi connectivity index (χ4v) is 2.53. The zero-order chi connectivity index (χ0) is 14.4. The van der Waals surface area contributed by atoms with E-state index in [0.717, 1.165) is 25.3 Å². The molecule has 1 fully saturated rings. The van der Waals surface area contributed by atoms with Crippen molar-refractivity contribution in [1.82, 2.24) is 15.2 Å². The highest BCUT2D eigenvalue weighted by atomic mass is 16.1. The summed E-state index contributed by atoms with van der Waals surface area (Å²) in [5.74, 6) is 0.760. The molecule has 20 heavy (non-hydrogen) atoms. The number of likely N-dealkylation sites (N-methyl/N-ethyl adjacent to an activating group) is 1. The fourth-order valence-electron chi connectivity index (χ4n) is 2.53. The maximum absolute atomic E-state index is 12.1. The van der Waals surface area contributed by atoms with Crippen LogP contribution in [0.15, 0.2) is 18.3 Å². The first-order valence-electron chi connectivity index (χ1n) is 7.39. The molecular formula is C15H24N4O. The number of carbonyl (C=O) groups excluding carboxylic acids is 1. The van der Waals surface area contributed by atoms with E-state index in [2.05, 4.69) is 27.6 Å². The average molecular weight is 276 g/mol. The lowest BCUT2D eigenvalue weighted by molar-refractivity contribution is 0.0928. The highest BCUT2D eigenvalue weighted by Crippen LogP contribution is 2.14. The van der Waals surface area contributed by atoms with Gasteiger partial charge in [-0.15, -0.1) is 0 Å². The highest BCUT2D eigenvalue weighted by Gasteiger charge is 2.19. The minimum Gasteiger partial charge on any atom is -0.370 e. The van der Waals surface area contributed by atoms with Crippen molar-refractivity contribution in [3.05, 3.63) is 23.9 Å². The molecule has 2 heterocycles. The Morgan fingerprint density at radius 3 is 2.95 bits per heavy atom. The number of hydrogen-bond acceptors (Lipinski definition) is 4. The Bertz CT molecular complexity index is 432. The number of piperidine rings is 1. The van der Waals surface area contributed by atoms with Gasteiger partial charge in [-0.05, 0) is 45.5 Å². The van der Waals surface area contributed by atoms with Crippen LogP contribution in [0.3, 0.4) is 0 Å². The van der Waals surface area contributed by atoms with Crippen LogP contribution in [0.4, 0.5) is 5.82 Å². The maximum Gasteiger partial charge on any atom is 0.252 e. The number of aromatic nitrogens is 1. The van der Waals surface area contributed by atoms with Crippen LogP contribution in [-0.4, -0.2) is 48.5 Å². The van der Waals surface area contributed by atoms with Gasteiger partial charge in [0.15, 0.2) is 0 Å². The molecule has 110 valence electrons. The van der Waals surface area contributed by atoms with Crippen LogP contribution in [0.2, 0.25) is 0 Å². The quantitative estimate of drug-likeness (QED) is 0.860. The second kappa shape index (κ2) is 7.24. The van der Waals surface area contributed by atoms with Crippen molar-refractivity contribution in [3.63, 3.8) is 0 Å². The van der Waals surface area contributed by atoms with Crippen molar-refractivity contribution in [2.45, 2.75) is 32.2 Å². The van der Waals surface area contributed by atoms with E-state index in [-0.39, 0.29) is 5.91 Å². The van der Waals surface area contributed by atoms with Gasteiger partial charge in [-0.2, -0.15) is 0 Å². The van der Waals surface area contributed by atoms with Crippen LogP contribution in [-0.2, 0) is 0 Å². The molecule has 2 rings (SSSR count). The van der Waals surface area contributed by atoms with Gasteiger partial charge in [-0.25, -0.2) is 4.98 Å². The number of carbonyl (C=O) groups is 1. The second-order valence-electron chi connectivity index (χ2n) is 5.30. The molecule has 0 spiro atoms. The van der Waals surface area contributed by atoms with Crippen molar-refractivity contribution in [2.75, 3.05) is 32.0 Å². The summed E-state index contributed by atoms with van der Waals surface area (Å²) in [4.78, 5) is 18.6. The lowest BCUT2D eigenvalue weighted by Gasteiger charge is -2.32. The first kappa shape index (κ1) is 14.8. The van der Waals surface area contributed by atoms with E-state index in [1.807, 2.05) is 19.1 Å². The SMILES string of the molecule is CCNc1ccc(C(=O)NCC2CCCCN2C)cn1. The summed E-state index contributed by atoms with van der Waals surface area (Å²) in [7, 11) is 2.13. The van der Waals surface area contributed by atoms with E-state index < -0.39 is 0 Å². The molecule has 1 aliphatic rings. The molecule has 1 amide bonds. The lowest BCUT2D eigenvalue weighted by Crippen LogP contribution is -2.44. The van der Waals surface area contributed by atoms with Gasteiger partial charge in [0.2, 0.25) is 0 Å². The molecule has 0 aromatic carbocycles.